The van der Waals surface area contributed by atoms with Crippen LogP contribution in [0.25, 0.3) is 0 Å². The number of nitrogens with zero attached hydrogens (tertiary/aromatic N) is 2. The van der Waals surface area contributed by atoms with Gasteiger partial charge in [-0.3, -0.25) is 4.68 Å². The van der Waals surface area contributed by atoms with E-state index in [1.165, 1.54) is 0 Å². The number of aromatic nitrogens is 2. The normalized spacial score (nSPS) is 24.7. The lowest BCUT2D eigenvalue weighted by atomic mass is 9.88. The van der Waals surface area contributed by atoms with Gasteiger partial charge in [0.05, 0.1) is 11.4 Å². The highest BCUT2D eigenvalue weighted by Gasteiger charge is 2.33. The van der Waals surface area contributed by atoms with Gasteiger partial charge in [-0.05, 0) is 26.7 Å². The second-order valence-corrected chi connectivity index (χ2v) is 6.24. The summed E-state index contributed by atoms with van der Waals surface area (Å²) in [5.74, 6) is 0. The molecule has 17 heavy (non-hydrogen) atoms. The van der Waals surface area contributed by atoms with Crippen molar-refractivity contribution in [2.45, 2.75) is 43.7 Å². The van der Waals surface area contributed by atoms with Gasteiger partial charge in [0.25, 0.3) is 0 Å². The van der Waals surface area contributed by atoms with Crippen LogP contribution in [0.4, 0.5) is 0 Å². The topological polar surface area (TPSA) is 90.0 Å². The van der Waals surface area contributed by atoms with E-state index >= 15 is 0 Å². The summed E-state index contributed by atoms with van der Waals surface area (Å²) in [5.41, 5.74) is 6.90. The standard InChI is InChI=1S/C10H18N4O2S/c1-6-10(7(2)14(3)12-6)17(15,16)13-9-5-4-8(9)11/h8-9,13H,4-5,11H2,1-3H3/t8-,9+/m1/s1. The first-order chi connectivity index (χ1) is 7.83. The maximum Gasteiger partial charge on any atom is 0.244 e. The highest BCUT2D eigenvalue weighted by Crippen LogP contribution is 2.23. The lowest BCUT2D eigenvalue weighted by molar-refractivity contribution is 0.321. The summed E-state index contributed by atoms with van der Waals surface area (Å²) in [6, 6.07) is -0.207. The molecule has 0 spiro atoms. The van der Waals surface area contributed by atoms with Crippen LogP contribution in [-0.2, 0) is 17.1 Å². The fourth-order valence-corrected chi connectivity index (χ4v) is 3.83. The van der Waals surface area contributed by atoms with Crippen LogP contribution >= 0.6 is 0 Å². The first-order valence-electron chi connectivity index (χ1n) is 5.61. The third kappa shape index (κ3) is 2.10. The summed E-state index contributed by atoms with van der Waals surface area (Å²) in [7, 11) is -1.77. The second-order valence-electron chi connectivity index (χ2n) is 4.59. The smallest absolute Gasteiger partial charge is 0.244 e. The molecular weight excluding hydrogens is 240 g/mol. The number of rotatable bonds is 3. The number of aryl methyl sites for hydroxylation is 2. The Bertz CT molecular complexity index is 535. The van der Waals surface area contributed by atoms with E-state index in [0.717, 1.165) is 12.8 Å². The van der Waals surface area contributed by atoms with Crippen molar-refractivity contribution in [1.29, 1.82) is 0 Å². The fraction of sp³-hybridized carbons (Fsp3) is 0.700. The molecule has 1 saturated carbocycles. The molecule has 0 unspecified atom stereocenters. The third-order valence-corrected chi connectivity index (χ3v) is 5.09. The summed E-state index contributed by atoms with van der Waals surface area (Å²) in [6.45, 7) is 3.44. The number of nitrogens with one attached hydrogen (secondary N) is 1. The van der Waals surface area contributed by atoms with Crippen LogP contribution < -0.4 is 10.5 Å². The number of hydrogen-bond donors (Lipinski definition) is 2. The van der Waals surface area contributed by atoms with Crippen LogP contribution in [0.2, 0.25) is 0 Å². The quantitative estimate of drug-likeness (QED) is 0.786. The van der Waals surface area contributed by atoms with E-state index in [4.69, 9.17) is 5.73 Å². The summed E-state index contributed by atoms with van der Waals surface area (Å²) in [5, 5.41) is 4.11. The van der Waals surface area contributed by atoms with E-state index in [1.54, 1.807) is 25.6 Å². The largest absolute Gasteiger partial charge is 0.326 e. The van der Waals surface area contributed by atoms with Gasteiger partial charge in [-0.1, -0.05) is 0 Å². The molecule has 1 fully saturated rings. The summed E-state index contributed by atoms with van der Waals surface area (Å²) in [6.07, 6.45) is 1.68. The molecule has 1 heterocycles. The van der Waals surface area contributed by atoms with Crippen LogP contribution in [-0.4, -0.2) is 30.3 Å². The molecule has 0 bridgehead atoms. The highest BCUT2D eigenvalue weighted by atomic mass is 32.2. The van der Waals surface area contributed by atoms with Gasteiger partial charge >= 0.3 is 0 Å². The second kappa shape index (κ2) is 4.08. The average Bonchev–Trinajstić information content (AvgIpc) is 2.48. The van der Waals surface area contributed by atoms with Gasteiger partial charge in [-0.15, -0.1) is 0 Å². The molecule has 7 heteroatoms. The van der Waals surface area contributed by atoms with Crippen LogP contribution in [0.5, 0.6) is 0 Å². The lowest BCUT2D eigenvalue weighted by Gasteiger charge is -2.33. The highest BCUT2D eigenvalue weighted by molar-refractivity contribution is 7.89. The first kappa shape index (κ1) is 12.5. The molecule has 1 aliphatic rings. The van der Waals surface area contributed by atoms with Crippen LogP contribution in [0, 0.1) is 13.8 Å². The Labute approximate surface area is 101 Å². The van der Waals surface area contributed by atoms with Gasteiger partial charge in [0.15, 0.2) is 0 Å². The monoisotopic (exact) mass is 258 g/mol. The van der Waals surface area contributed by atoms with Crippen molar-refractivity contribution in [2.24, 2.45) is 12.8 Å². The number of hydrogen-bond acceptors (Lipinski definition) is 4. The van der Waals surface area contributed by atoms with Crippen LogP contribution in [0.3, 0.4) is 0 Å². The van der Waals surface area contributed by atoms with Crippen molar-refractivity contribution in [3.8, 4) is 0 Å². The predicted molar refractivity (Wildman–Crippen MR) is 64.0 cm³/mol. The Balaban J connectivity index is 2.31. The molecule has 0 saturated heterocycles. The van der Waals surface area contributed by atoms with E-state index in [0.29, 0.717) is 11.4 Å². The van der Waals surface area contributed by atoms with Crippen molar-refractivity contribution in [2.75, 3.05) is 0 Å². The Kier molecular flexibility index (Phi) is 3.01. The average molecular weight is 258 g/mol. The maximum atomic E-state index is 12.2. The molecule has 2 rings (SSSR count). The van der Waals surface area contributed by atoms with E-state index in [1.807, 2.05) is 0 Å². The minimum atomic E-state index is -3.51. The van der Waals surface area contributed by atoms with E-state index in [9.17, 15) is 8.42 Å². The predicted octanol–water partition coefficient (Wildman–Crippen LogP) is -0.195. The molecule has 6 nitrogen and oxygen atoms in total. The molecule has 1 aliphatic carbocycles. The number of nitrogens with two attached hydrogens (primary N) is 1. The fourth-order valence-electron chi connectivity index (χ4n) is 2.07. The van der Waals surface area contributed by atoms with Crippen molar-refractivity contribution in [3.63, 3.8) is 0 Å². The molecule has 0 amide bonds. The molecule has 1 aromatic heterocycles. The Morgan fingerprint density at radius 2 is 2.06 bits per heavy atom. The zero-order valence-electron chi connectivity index (χ0n) is 10.3. The van der Waals surface area contributed by atoms with Gasteiger partial charge < -0.3 is 5.73 Å². The van der Waals surface area contributed by atoms with Crippen molar-refractivity contribution in [1.82, 2.24) is 14.5 Å². The van der Waals surface area contributed by atoms with E-state index < -0.39 is 10.0 Å². The SMILES string of the molecule is Cc1nn(C)c(C)c1S(=O)(=O)N[C@H]1CC[C@H]1N. The number of sulfonamides is 1. The summed E-state index contributed by atoms with van der Waals surface area (Å²) < 4.78 is 28.7. The van der Waals surface area contributed by atoms with Gasteiger partial charge in [0, 0.05) is 19.1 Å². The Hall–Kier alpha value is -0.920. The minimum absolute atomic E-state index is 0.0675. The Morgan fingerprint density at radius 3 is 2.41 bits per heavy atom. The zero-order valence-corrected chi connectivity index (χ0v) is 11.1. The van der Waals surface area contributed by atoms with E-state index in [-0.39, 0.29) is 17.0 Å². The van der Waals surface area contributed by atoms with Gasteiger partial charge in [-0.25, -0.2) is 13.1 Å². The van der Waals surface area contributed by atoms with Crippen LogP contribution in [0.15, 0.2) is 4.90 Å². The maximum absolute atomic E-state index is 12.2. The van der Waals surface area contributed by atoms with Gasteiger partial charge in [0.2, 0.25) is 10.0 Å². The summed E-state index contributed by atoms with van der Waals surface area (Å²) in [4.78, 5) is 0.277. The molecule has 96 valence electrons. The van der Waals surface area contributed by atoms with Crippen molar-refractivity contribution < 1.29 is 8.42 Å². The molecule has 0 aromatic carbocycles. The third-order valence-electron chi connectivity index (χ3n) is 3.35. The van der Waals surface area contributed by atoms with Crippen LogP contribution in [0.1, 0.15) is 24.2 Å². The molecule has 3 N–H and O–H groups in total. The van der Waals surface area contributed by atoms with Gasteiger partial charge in [-0.2, -0.15) is 5.10 Å². The summed E-state index contributed by atoms with van der Waals surface area (Å²) >= 11 is 0. The molecule has 0 radical (unpaired) electrons. The molecule has 0 aliphatic heterocycles. The van der Waals surface area contributed by atoms with E-state index in [2.05, 4.69) is 9.82 Å². The van der Waals surface area contributed by atoms with Gasteiger partial charge in [0.1, 0.15) is 4.90 Å². The molecular formula is C10H18N4O2S. The van der Waals surface area contributed by atoms with Crippen molar-refractivity contribution in [3.05, 3.63) is 11.4 Å². The Morgan fingerprint density at radius 1 is 1.41 bits per heavy atom. The lowest BCUT2D eigenvalue weighted by Crippen LogP contribution is -2.54. The zero-order chi connectivity index (χ0) is 12.8. The van der Waals surface area contributed by atoms with Crippen molar-refractivity contribution >= 4 is 10.0 Å². The minimum Gasteiger partial charge on any atom is -0.326 e. The molecule has 2 atom stereocenters. The first-order valence-corrected chi connectivity index (χ1v) is 7.09. The molecule has 1 aromatic rings.